The molecule has 0 aliphatic heterocycles. The zero-order chi connectivity index (χ0) is 30.3. The lowest BCUT2D eigenvalue weighted by atomic mass is 9.96. The lowest BCUT2D eigenvalue weighted by Gasteiger charge is -2.30. The third-order valence-electron chi connectivity index (χ3n) is 6.79. The Hall–Kier alpha value is -4.54. The van der Waals surface area contributed by atoms with Crippen molar-refractivity contribution in [1.82, 2.24) is 20.2 Å². The van der Waals surface area contributed by atoms with Gasteiger partial charge in [-0.05, 0) is 62.9 Å². The number of carbonyl (C=O) groups is 2. The van der Waals surface area contributed by atoms with E-state index in [9.17, 15) is 22.8 Å². The Balaban J connectivity index is 1.49. The number of aromatic nitrogens is 2. The average Bonchev–Trinajstić information content (AvgIpc) is 3.29. The summed E-state index contributed by atoms with van der Waals surface area (Å²) in [5, 5.41) is 10.0. The number of carbonyl (C=O) groups excluding carboxylic acids is 2. The maximum absolute atomic E-state index is 14.1. The number of benzene rings is 2. The van der Waals surface area contributed by atoms with Crippen LogP contribution in [0.15, 0.2) is 60.7 Å². The zero-order valence-corrected chi connectivity index (χ0v) is 23.7. The number of hydrogen-bond donors (Lipinski definition) is 2. The molecule has 42 heavy (non-hydrogen) atoms. The highest BCUT2D eigenvalue weighted by atomic mass is 19.1. The van der Waals surface area contributed by atoms with Crippen molar-refractivity contribution in [2.75, 3.05) is 13.2 Å². The zero-order valence-electron chi connectivity index (χ0n) is 23.7. The van der Waals surface area contributed by atoms with Crippen molar-refractivity contribution in [3.8, 4) is 5.88 Å². The van der Waals surface area contributed by atoms with Crippen LogP contribution in [-0.4, -0.2) is 40.4 Å². The highest BCUT2D eigenvalue weighted by molar-refractivity contribution is 6.02. The third-order valence-corrected chi connectivity index (χ3v) is 6.79. The number of pyridine rings is 1. The molecule has 2 aromatic heterocycles. The number of rotatable bonds is 12. The molecule has 1 atom stereocenters. The lowest BCUT2D eigenvalue weighted by Crippen LogP contribution is -2.53. The second-order valence-electron chi connectivity index (χ2n) is 10.3. The SMILES string of the molecule is Cc1cc(OCc2c(F)cccc2F)n2nc(C)c(C(=O)NCC(C)(CCCF)NC(=O)OCc3ccccc3)c2c1. The average molecular weight is 583 g/mol. The maximum atomic E-state index is 14.1. The van der Waals surface area contributed by atoms with Crippen LogP contribution in [0.2, 0.25) is 0 Å². The summed E-state index contributed by atoms with van der Waals surface area (Å²) in [4.78, 5) is 26.0. The Kier molecular flexibility index (Phi) is 9.72. The standard InChI is InChI=1S/C31H33F3N4O4/c1-20-15-26-28(21(2)37-38(26)27(16-20)41-18-23-24(33)11-7-12-25(23)34)29(39)35-19-31(3,13-8-14-32)36-30(40)42-17-22-9-5-4-6-10-22/h4-7,9-12,15-16H,8,13-14,17-19H2,1-3H3,(H,35,39)(H,36,40). The molecule has 0 fully saturated rings. The fourth-order valence-corrected chi connectivity index (χ4v) is 4.58. The number of nitrogens with one attached hydrogen (secondary N) is 2. The summed E-state index contributed by atoms with van der Waals surface area (Å²) < 4.78 is 53.8. The quantitative estimate of drug-likeness (QED) is 0.215. The molecule has 4 rings (SSSR count). The van der Waals surface area contributed by atoms with E-state index in [0.29, 0.717) is 11.2 Å². The van der Waals surface area contributed by atoms with Gasteiger partial charge in [0.1, 0.15) is 24.8 Å². The van der Waals surface area contributed by atoms with Crippen LogP contribution in [0.1, 0.15) is 52.5 Å². The predicted octanol–water partition coefficient (Wildman–Crippen LogP) is 5.97. The number of fused-ring (bicyclic) bond motifs is 1. The van der Waals surface area contributed by atoms with Gasteiger partial charge in [-0.1, -0.05) is 36.4 Å². The maximum Gasteiger partial charge on any atom is 0.407 e. The molecule has 0 spiro atoms. The Bertz CT molecular complexity index is 1540. The summed E-state index contributed by atoms with van der Waals surface area (Å²) in [6.45, 7) is 4.23. The van der Waals surface area contributed by atoms with Gasteiger partial charge in [-0.15, -0.1) is 0 Å². The van der Waals surface area contributed by atoms with Crippen LogP contribution < -0.4 is 15.4 Å². The van der Waals surface area contributed by atoms with E-state index in [1.807, 2.05) is 30.3 Å². The highest BCUT2D eigenvalue weighted by Crippen LogP contribution is 2.25. The van der Waals surface area contributed by atoms with Crippen molar-refractivity contribution in [3.05, 3.63) is 100 Å². The number of hydrogen-bond acceptors (Lipinski definition) is 5. The molecule has 0 bridgehead atoms. The van der Waals surface area contributed by atoms with Gasteiger partial charge in [-0.3, -0.25) is 9.18 Å². The van der Waals surface area contributed by atoms with Gasteiger partial charge in [0.15, 0.2) is 0 Å². The van der Waals surface area contributed by atoms with E-state index in [1.54, 1.807) is 32.9 Å². The van der Waals surface area contributed by atoms with Gasteiger partial charge < -0.3 is 20.1 Å². The molecular formula is C31H33F3N4O4. The summed E-state index contributed by atoms with van der Waals surface area (Å²) in [5.41, 5.74) is 1.40. The Labute approximate surface area is 241 Å². The number of amides is 2. The number of halogens is 3. The molecule has 4 aromatic rings. The summed E-state index contributed by atoms with van der Waals surface area (Å²) in [6, 6.07) is 16.1. The fraction of sp³-hybridized carbons (Fsp3) is 0.323. The van der Waals surface area contributed by atoms with Gasteiger partial charge in [0, 0.05) is 12.6 Å². The number of alkyl carbamates (subject to hydrolysis) is 1. The van der Waals surface area contributed by atoms with Crippen LogP contribution >= 0.6 is 0 Å². The van der Waals surface area contributed by atoms with Gasteiger partial charge in [0.2, 0.25) is 5.88 Å². The van der Waals surface area contributed by atoms with Crippen molar-refractivity contribution < 1.29 is 32.2 Å². The van der Waals surface area contributed by atoms with Crippen LogP contribution in [0.4, 0.5) is 18.0 Å². The van der Waals surface area contributed by atoms with E-state index < -0.39 is 35.8 Å². The first-order valence-electron chi connectivity index (χ1n) is 13.5. The molecule has 1 unspecified atom stereocenters. The lowest BCUT2D eigenvalue weighted by molar-refractivity contribution is 0.0928. The van der Waals surface area contributed by atoms with Crippen LogP contribution in [0.5, 0.6) is 5.88 Å². The topological polar surface area (TPSA) is 94.0 Å². The second kappa shape index (κ2) is 13.4. The van der Waals surface area contributed by atoms with Gasteiger partial charge >= 0.3 is 6.09 Å². The molecule has 0 radical (unpaired) electrons. The van der Waals surface area contributed by atoms with E-state index in [-0.39, 0.29) is 49.6 Å². The van der Waals surface area contributed by atoms with Crippen molar-refractivity contribution in [1.29, 1.82) is 0 Å². The van der Waals surface area contributed by atoms with Gasteiger partial charge in [0.05, 0.1) is 34.6 Å². The molecule has 2 N–H and O–H groups in total. The Morgan fingerprint density at radius 3 is 2.40 bits per heavy atom. The van der Waals surface area contributed by atoms with Crippen molar-refractivity contribution in [3.63, 3.8) is 0 Å². The third kappa shape index (κ3) is 7.39. The largest absolute Gasteiger partial charge is 0.473 e. The van der Waals surface area contributed by atoms with E-state index >= 15 is 0 Å². The summed E-state index contributed by atoms with van der Waals surface area (Å²) in [5.74, 6) is -1.73. The minimum atomic E-state index is -1.000. The molecule has 11 heteroatoms. The summed E-state index contributed by atoms with van der Waals surface area (Å²) >= 11 is 0. The summed E-state index contributed by atoms with van der Waals surface area (Å²) in [7, 11) is 0. The van der Waals surface area contributed by atoms with Crippen LogP contribution in [0, 0.1) is 25.5 Å². The van der Waals surface area contributed by atoms with Crippen LogP contribution in [0.3, 0.4) is 0 Å². The molecule has 0 aliphatic rings. The van der Waals surface area contributed by atoms with E-state index in [1.165, 1.54) is 10.6 Å². The smallest absolute Gasteiger partial charge is 0.407 e. The van der Waals surface area contributed by atoms with Gasteiger partial charge in [-0.25, -0.2) is 13.6 Å². The number of aryl methyl sites for hydroxylation is 2. The molecule has 2 aromatic carbocycles. The summed E-state index contributed by atoms with van der Waals surface area (Å²) in [6.07, 6.45) is -0.268. The normalized spacial score (nSPS) is 12.5. The van der Waals surface area contributed by atoms with Crippen LogP contribution in [0.25, 0.3) is 5.52 Å². The molecule has 0 saturated heterocycles. The molecule has 0 saturated carbocycles. The number of ether oxygens (including phenoxy) is 2. The molecule has 2 amide bonds. The molecule has 222 valence electrons. The van der Waals surface area contributed by atoms with Crippen molar-refractivity contribution in [2.45, 2.75) is 52.4 Å². The number of nitrogens with zero attached hydrogens (tertiary/aromatic N) is 2. The first-order valence-corrected chi connectivity index (χ1v) is 13.5. The Morgan fingerprint density at radius 1 is 1.00 bits per heavy atom. The molecular weight excluding hydrogens is 549 g/mol. The van der Waals surface area contributed by atoms with E-state index in [2.05, 4.69) is 15.7 Å². The minimum Gasteiger partial charge on any atom is -0.473 e. The monoisotopic (exact) mass is 582 g/mol. The van der Waals surface area contributed by atoms with E-state index in [0.717, 1.165) is 23.3 Å². The van der Waals surface area contributed by atoms with Gasteiger partial charge in [-0.2, -0.15) is 9.61 Å². The Morgan fingerprint density at radius 2 is 1.71 bits per heavy atom. The first-order chi connectivity index (χ1) is 20.1. The highest BCUT2D eigenvalue weighted by Gasteiger charge is 2.29. The fourth-order valence-electron chi connectivity index (χ4n) is 4.58. The number of alkyl halides is 1. The second-order valence-corrected chi connectivity index (χ2v) is 10.3. The van der Waals surface area contributed by atoms with Gasteiger partial charge in [0.25, 0.3) is 5.91 Å². The molecule has 8 nitrogen and oxygen atoms in total. The predicted molar refractivity (Wildman–Crippen MR) is 151 cm³/mol. The molecule has 2 heterocycles. The van der Waals surface area contributed by atoms with E-state index in [4.69, 9.17) is 9.47 Å². The first kappa shape index (κ1) is 30.4. The van der Waals surface area contributed by atoms with Crippen molar-refractivity contribution in [2.24, 2.45) is 0 Å². The van der Waals surface area contributed by atoms with Crippen LogP contribution in [-0.2, 0) is 18.0 Å². The minimum absolute atomic E-state index is 0.00914. The van der Waals surface area contributed by atoms with Crippen molar-refractivity contribution >= 4 is 17.5 Å². The molecule has 0 aliphatic carbocycles.